The first-order valence-corrected chi connectivity index (χ1v) is 6.95. The summed E-state index contributed by atoms with van der Waals surface area (Å²) < 4.78 is 0. The first-order valence-electron chi connectivity index (χ1n) is 6.95. The standard InChI is InChI=1S/C16H22O4/c1-2-9-16(20,12-14(17)11-15(18)19)10-8-13-6-4-3-5-7-13/h3-7,20H,2,8-12H2,1H3,(H,18,19). The summed E-state index contributed by atoms with van der Waals surface area (Å²) in [5, 5.41) is 19.2. The molecule has 0 amide bonds. The fourth-order valence-corrected chi connectivity index (χ4v) is 2.39. The first-order chi connectivity index (χ1) is 9.45. The molecule has 0 radical (unpaired) electrons. The van der Waals surface area contributed by atoms with Crippen LogP contribution >= 0.6 is 0 Å². The maximum absolute atomic E-state index is 11.6. The third-order valence-electron chi connectivity index (χ3n) is 3.31. The van der Waals surface area contributed by atoms with Crippen LogP contribution in [0.3, 0.4) is 0 Å². The summed E-state index contributed by atoms with van der Waals surface area (Å²) in [5.41, 5.74) is 0.00429. The Morgan fingerprint density at radius 3 is 2.35 bits per heavy atom. The summed E-state index contributed by atoms with van der Waals surface area (Å²) in [6.07, 6.45) is 1.81. The maximum Gasteiger partial charge on any atom is 0.310 e. The van der Waals surface area contributed by atoms with Gasteiger partial charge in [0.1, 0.15) is 12.2 Å². The van der Waals surface area contributed by atoms with Crippen LogP contribution in [0.2, 0.25) is 0 Å². The van der Waals surface area contributed by atoms with Crippen LogP contribution in [0.1, 0.15) is 44.6 Å². The van der Waals surface area contributed by atoms with Gasteiger partial charge in [-0.15, -0.1) is 0 Å². The zero-order valence-corrected chi connectivity index (χ0v) is 11.8. The number of carboxylic acid groups (broad SMARTS) is 1. The third kappa shape index (κ3) is 5.97. The second kappa shape index (κ2) is 7.80. The molecule has 0 fully saturated rings. The summed E-state index contributed by atoms with van der Waals surface area (Å²) in [6.45, 7) is 1.94. The Morgan fingerprint density at radius 2 is 1.80 bits per heavy atom. The van der Waals surface area contributed by atoms with Gasteiger partial charge in [-0.1, -0.05) is 43.7 Å². The number of carbonyl (C=O) groups excluding carboxylic acids is 1. The average molecular weight is 278 g/mol. The van der Waals surface area contributed by atoms with E-state index in [9.17, 15) is 14.7 Å². The lowest BCUT2D eigenvalue weighted by molar-refractivity contribution is -0.141. The molecule has 0 heterocycles. The van der Waals surface area contributed by atoms with Crippen molar-refractivity contribution in [1.29, 1.82) is 0 Å². The molecule has 0 saturated heterocycles. The van der Waals surface area contributed by atoms with Gasteiger partial charge < -0.3 is 10.2 Å². The molecule has 4 heteroatoms. The SMILES string of the molecule is CCCC(O)(CCc1ccccc1)CC(=O)CC(=O)O. The van der Waals surface area contributed by atoms with E-state index in [-0.39, 0.29) is 6.42 Å². The molecule has 1 atom stereocenters. The van der Waals surface area contributed by atoms with Gasteiger partial charge in [0.2, 0.25) is 0 Å². The Bertz CT molecular complexity index is 441. The predicted molar refractivity (Wildman–Crippen MR) is 76.5 cm³/mol. The molecule has 110 valence electrons. The van der Waals surface area contributed by atoms with Crippen molar-refractivity contribution in [3.63, 3.8) is 0 Å². The molecule has 1 aromatic carbocycles. The molecule has 20 heavy (non-hydrogen) atoms. The van der Waals surface area contributed by atoms with Crippen LogP contribution in [0.5, 0.6) is 0 Å². The van der Waals surface area contributed by atoms with Crippen molar-refractivity contribution in [2.45, 2.75) is 51.0 Å². The molecule has 0 saturated carbocycles. The molecule has 0 aliphatic rings. The van der Waals surface area contributed by atoms with Crippen LogP contribution in [0.4, 0.5) is 0 Å². The first kappa shape index (κ1) is 16.4. The molecule has 0 bridgehead atoms. The van der Waals surface area contributed by atoms with Crippen molar-refractivity contribution in [2.75, 3.05) is 0 Å². The van der Waals surface area contributed by atoms with Crippen molar-refractivity contribution in [2.24, 2.45) is 0 Å². The molecule has 1 aromatic rings. The van der Waals surface area contributed by atoms with Gasteiger partial charge >= 0.3 is 5.97 Å². The van der Waals surface area contributed by atoms with Crippen LogP contribution < -0.4 is 0 Å². The fraction of sp³-hybridized carbons (Fsp3) is 0.500. The Hall–Kier alpha value is -1.68. The van der Waals surface area contributed by atoms with E-state index in [4.69, 9.17) is 5.11 Å². The number of carbonyl (C=O) groups is 2. The summed E-state index contributed by atoms with van der Waals surface area (Å²) >= 11 is 0. The van der Waals surface area contributed by atoms with E-state index in [0.29, 0.717) is 19.3 Å². The molecule has 4 nitrogen and oxygen atoms in total. The second-order valence-electron chi connectivity index (χ2n) is 5.25. The van der Waals surface area contributed by atoms with E-state index in [1.807, 2.05) is 37.3 Å². The zero-order chi connectivity index (χ0) is 15.0. The number of ketones is 1. The summed E-state index contributed by atoms with van der Waals surface area (Å²) in [7, 11) is 0. The minimum atomic E-state index is -1.14. The number of Topliss-reactive ketones (excluding diaryl/α,β-unsaturated/α-hetero) is 1. The zero-order valence-electron chi connectivity index (χ0n) is 11.8. The smallest absolute Gasteiger partial charge is 0.310 e. The molecular formula is C16H22O4. The Kier molecular flexibility index (Phi) is 6.39. The van der Waals surface area contributed by atoms with Crippen molar-refractivity contribution < 1.29 is 19.8 Å². The van der Waals surface area contributed by atoms with Gasteiger partial charge in [0.05, 0.1) is 5.60 Å². The van der Waals surface area contributed by atoms with Crippen LogP contribution in [-0.2, 0) is 16.0 Å². The number of hydrogen-bond acceptors (Lipinski definition) is 3. The van der Waals surface area contributed by atoms with Gasteiger partial charge in [-0.2, -0.15) is 0 Å². The topological polar surface area (TPSA) is 74.6 Å². The largest absolute Gasteiger partial charge is 0.481 e. The second-order valence-corrected chi connectivity index (χ2v) is 5.25. The average Bonchev–Trinajstić information content (AvgIpc) is 2.37. The number of aliphatic carboxylic acids is 1. The highest BCUT2D eigenvalue weighted by Crippen LogP contribution is 2.25. The maximum atomic E-state index is 11.6. The normalized spacial score (nSPS) is 13.7. The van der Waals surface area contributed by atoms with E-state index >= 15 is 0 Å². The van der Waals surface area contributed by atoms with E-state index in [1.165, 1.54) is 0 Å². The van der Waals surface area contributed by atoms with E-state index in [2.05, 4.69) is 0 Å². The van der Waals surface area contributed by atoms with Crippen LogP contribution in [0.15, 0.2) is 30.3 Å². The minimum Gasteiger partial charge on any atom is -0.481 e. The summed E-state index contributed by atoms with van der Waals surface area (Å²) in [6, 6.07) is 9.75. The number of hydrogen-bond donors (Lipinski definition) is 2. The van der Waals surface area contributed by atoms with E-state index in [0.717, 1.165) is 12.0 Å². The van der Waals surface area contributed by atoms with Gasteiger partial charge in [0.15, 0.2) is 0 Å². The van der Waals surface area contributed by atoms with E-state index < -0.39 is 23.8 Å². The molecular weight excluding hydrogens is 256 g/mol. The van der Waals surface area contributed by atoms with Gasteiger partial charge in [-0.05, 0) is 24.8 Å². The highest BCUT2D eigenvalue weighted by atomic mass is 16.4. The number of aryl methyl sites for hydroxylation is 1. The molecule has 2 N–H and O–H groups in total. The Morgan fingerprint density at radius 1 is 1.15 bits per heavy atom. The Labute approximate surface area is 119 Å². The van der Waals surface area contributed by atoms with Gasteiger partial charge in [-0.3, -0.25) is 9.59 Å². The van der Waals surface area contributed by atoms with Gasteiger partial charge in [-0.25, -0.2) is 0 Å². The molecule has 1 unspecified atom stereocenters. The van der Waals surface area contributed by atoms with Crippen molar-refractivity contribution in [3.8, 4) is 0 Å². The number of rotatable bonds is 9. The highest BCUT2D eigenvalue weighted by molar-refractivity contribution is 5.95. The van der Waals surface area contributed by atoms with Crippen molar-refractivity contribution in [1.82, 2.24) is 0 Å². The van der Waals surface area contributed by atoms with Gasteiger partial charge in [0.25, 0.3) is 0 Å². The number of carboxylic acids is 1. The number of aliphatic hydroxyl groups is 1. The van der Waals surface area contributed by atoms with Crippen LogP contribution in [0, 0.1) is 0 Å². The van der Waals surface area contributed by atoms with Crippen molar-refractivity contribution >= 4 is 11.8 Å². The molecule has 1 rings (SSSR count). The van der Waals surface area contributed by atoms with Crippen molar-refractivity contribution in [3.05, 3.63) is 35.9 Å². The summed E-state index contributed by atoms with van der Waals surface area (Å²) in [4.78, 5) is 22.1. The van der Waals surface area contributed by atoms with Gasteiger partial charge in [0, 0.05) is 6.42 Å². The highest BCUT2D eigenvalue weighted by Gasteiger charge is 2.29. The quantitative estimate of drug-likeness (QED) is 0.681. The van der Waals surface area contributed by atoms with Crippen LogP contribution in [-0.4, -0.2) is 27.6 Å². The predicted octanol–water partition coefficient (Wildman–Crippen LogP) is 2.58. The third-order valence-corrected chi connectivity index (χ3v) is 3.31. The lowest BCUT2D eigenvalue weighted by atomic mass is 9.85. The molecule has 0 aromatic heterocycles. The monoisotopic (exact) mass is 278 g/mol. The number of benzene rings is 1. The molecule has 0 aliphatic carbocycles. The molecule has 0 spiro atoms. The summed E-state index contributed by atoms with van der Waals surface area (Å²) in [5.74, 6) is -1.56. The minimum absolute atomic E-state index is 0.0834. The molecule has 0 aliphatic heterocycles. The fourth-order valence-electron chi connectivity index (χ4n) is 2.39. The van der Waals surface area contributed by atoms with E-state index in [1.54, 1.807) is 0 Å². The van der Waals surface area contributed by atoms with Crippen LogP contribution in [0.25, 0.3) is 0 Å². The lowest BCUT2D eigenvalue weighted by Crippen LogP contribution is -2.33. The lowest BCUT2D eigenvalue weighted by Gasteiger charge is -2.27. The Balaban J connectivity index is 2.61.